The highest BCUT2D eigenvalue weighted by molar-refractivity contribution is 5.78. The number of aromatic nitrogens is 4. The van der Waals surface area contributed by atoms with E-state index in [1.165, 1.54) is 4.57 Å². The number of alkyl halides is 2. The van der Waals surface area contributed by atoms with Crippen molar-refractivity contribution in [3.8, 4) is 5.95 Å². The van der Waals surface area contributed by atoms with Crippen molar-refractivity contribution >= 4 is 28.7 Å². The Morgan fingerprint density at radius 2 is 1.73 bits per heavy atom. The maximum Gasteiger partial charge on any atom is 0.319 e. The molecular weight excluding hydrogens is 482 g/mol. The molecule has 5 rings (SSSR count). The minimum Gasteiger partial charge on any atom is -0.375 e. The molecule has 2 atom stereocenters. The first-order valence-electron chi connectivity index (χ1n) is 12.5. The largest absolute Gasteiger partial charge is 0.375 e. The van der Waals surface area contributed by atoms with E-state index in [9.17, 15) is 13.6 Å². The molecule has 4 heterocycles. The predicted octanol–water partition coefficient (Wildman–Crippen LogP) is 3.17. The number of amides is 2. The quantitative estimate of drug-likeness (QED) is 0.529. The number of urea groups is 1. The monoisotopic (exact) mass is 514 g/mol. The number of ether oxygens (including phenoxy) is 1. The van der Waals surface area contributed by atoms with Crippen LogP contribution >= 0.6 is 0 Å². The number of carbonyl (C=O) groups excluding carboxylic acids is 1. The standard InChI is InChI=1S/C25H32F2N8O2/c1-16-17(2)37-14-13-34(16)21-15-20(32-9-11-33(12-10-32)25(36)31(3)4)29-24(30-21)35-19-8-6-5-7-18(19)28-23(35)22(26)27/h5-8,15-17,22H,9-14H2,1-4H3/t16-,17+/m0/s1. The third-order valence-electron chi connectivity index (χ3n) is 7.10. The van der Waals surface area contributed by atoms with Crippen LogP contribution in [0.4, 0.5) is 25.2 Å². The van der Waals surface area contributed by atoms with Gasteiger partial charge in [-0.2, -0.15) is 9.97 Å². The van der Waals surface area contributed by atoms with E-state index in [0.717, 1.165) is 0 Å². The van der Waals surface area contributed by atoms with Crippen LogP contribution in [-0.2, 0) is 4.74 Å². The molecule has 2 aliphatic rings. The second kappa shape index (κ2) is 10.1. The third-order valence-corrected chi connectivity index (χ3v) is 7.10. The van der Waals surface area contributed by atoms with Crippen LogP contribution in [0.15, 0.2) is 30.3 Å². The van der Waals surface area contributed by atoms with Crippen LogP contribution in [0.1, 0.15) is 26.1 Å². The summed E-state index contributed by atoms with van der Waals surface area (Å²) >= 11 is 0. The Morgan fingerprint density at radius 3 is 2.43 bits per heavy atom. The van der Waals surface area contributed by atoms with Gasteiger partial charge in [0.15, 0.2) is 5.82 Å². The van der Waals surface area contributed by atoms with E-state index in [4.69, 9.17) is 14.7 Å². The molecule has 3 aromatic rings. The second-order valence-corrected chi connectivity index (χ2v) is 9.64. The highest BCUT2D eigenvalue weighted by atomic mass is 19.3. The number of hydrogen-bond donors (Lipinski definition) is 0. The van der Waals surface area contributed by atoms with Crippen molar-refractivity contribution in [2.24, 2.45) is 0 Å². The highest BCUT2D eigenvalue weighted by Gasteiger charge is 2.30. The number of carbonyl (C=O) groups is 1. The zero-order valence-electron chi connectivity index (χ0n) is 21.5. The Hall–Kier alpha value is -3.54. The number of imidazole rings is 1. The van der Waals surface area contributed by atoms with E-state index in [1.807, 2.05) is 13.0 Å². The van der Waals surface area contributed by atoms with Gasteiger partial charge in [0.2, 0.25) is 5.95 Å². The van der Waals surface area contributed by atoms with Crippen molar-refractivity contribution in [3.05, 3.63) is 36.2 Å². The zero-order chi connectivity index (χ0) is 26.3. The molecule has 0 spiro atoms. The topological polar surface area (TPSA) is 82.9 Å². The zero-order valence-corrected chi connectivity index (χ0v) is 21.5. The van der Waals surface area contributed by atoms with Gasteiger partial charge in [0.05, 0.1) is 29.8 Å². The molecule has 2 saturated heterocycles. The molecule has 0 unspecified atom stereocenters. The number of halogens is 2. The molecule has 0 aliphatic carbocycles. The number of fused-ring (bicyclic) bond motifs is 1. The average molecular weight is 515 g/mol. The fourth-order valence-corrected chi connectivity index (χ4v) is 4.89. The third kappa shape index (κ3) is 4.77. The SMILES string of the molecule is C[C@H]1OCCN(c2cc(N3CCN(C(=O)N(C)C)CC3)nc(-n3c(C(F)F)nc4ccccc43)n2)[C@H]1C. The number of benzene rings is 1. The molecule has 2 aliphatic heterocycles. The minimum atomic E-state index is -2.80. The molecule has 2 fully saturated rings. The van der Waals surface area contributed by atoms with Crippen molar-refractivity contribution in [2.45, 2.75) is 32.4 Å². The van der Waals surface area contributed by atoms with E-state index in [0.29, 0.717) is 62.0 Å². The van der Waals surface area contributed by atoms with Gasteiger partial charge in [0.1, 0.15) is 11.6 Å². The van der Waals surface area contributed by atoms with Crippen molar-refractivity contribution in [2.75, 3.05) is 63.2 Å². The molecule has 198 valence electrons. The summed E-state index contributed by atoms with van der Waals surface area (Å²) in [5.74, 6) is 1.03. The fraction of sp³-hybridized carbons (Fsp3) is 0.520. The lowest BCUT2D eigenvalue weighted by Crippen LogP contribution is -2.52. The number of anilines is 2. The molecule has 2 aromatic heterocycles. The van der Waals surface area contributed by atoms with Crippen molar-refractivity contribution < 1.29 is 18.3 Å². The van der Waals surface area contributed by atoms with Crippen molar-refractivity contribution in [1.29, 1.82) is 0 Å². The first kappa shape index (κ1) is 25.1. The van der Waals surface area contributed by atoms with E-state index < -0.39 is 12.2 Å². The summed E-state index contributed by atoms with van der Waals surface area (Å²) in [6, 6.07) is 8.91. The minimum absolute atomic E-state index is 0.0121. The molecule has 0 radical (unpaired) electrons. The van der Waals surface area contributed by atoms with Gasteiger partial charge in [-0.3, -0.25) is 4.57 Å². The first-order chi connectivity index (χ1) is 17.7. The van der Waals surface area contributed by atoms with Crippen LogP contribution in [0.2, 0.25) is 0 Å². The van der Waals surface area contributed by atoms with Crippen LogP contribution in [0, 0.1) is 0 Å². The maximum atomic E-state index is 14.1. The Labute approximate surface area is 214 Å². The Bertz CT molecular complexity index is 1270. The van der Waals surface area contributed by atoms with Gasteiger partial charge in [-0.25, -0.2) is 18.6 Å². The van der Waals surface area contributed by atoms with E-state index >= 15 is 0 Å². The van der Waals surface area contributed by atoms with Crippen molar-refractivity contribution in [3.63, 3.8) is 0 Å². The lowest BCUT2D eigenvalue weighted by Gasteiger charge is -2.40. The summed E-state index contributed by atoms with van der Waals surface area (Å²) in [7, 11) is 3.47. The Balaban J connectivity index is 1.59. The molecule has 10 nitrogen and oxygen atoms in total. The summed E-state index contributed by atoms with van der Waals surface area (Å²) in [6.07, 6.45) is -2.81. The summed E-state index contributed by atoms with van der Waals surface area (Å²) in [5, 5.41) is 0. The number of piperazine rings is 1. The molecule has 0 N–H and O–H groups in total. The maximum absolute atomic E-state index is 14.1. The number of para-hydroxylation sites is 2. The smallest absolute Gasteiger partial charge is 0.319 e. The molecule has 0 saturated carbocycles. The summed E-state index contributed by atoms with van der Waals surface area (Å²) in [4.78, 5) is 33.7. The highest BCUT2D eigenvalue weighted by Crippen LogP contribution is 2.31. The van der Waals surface area contributed by atoms with Gasteiger partial charge in [0, 0.05) is 52.9 Å². The van der Waals surface area contributed by atoms with Crippen LogP contribution < -0.4 is 9.80 Å². The summed E-state index contributed by atoms with van der Waals surface area (Å²) < 4.78 is 35.4. The lowest BCUT2D eigenvalue weighted by molar-refractivity contribution is 0.0281. The van der Waals surface area contributed by atoms with Gasteiger partial charge in [-0.05, 0) is 26.0 Å². The molecular formula is C25H32F2N8O2. The van der Waals surface area contributed by atoms with E-state index in [-0.39, 0.29) is 24.1 Å². The number of morpholine rings is 1. The van der Waals surface area contributed by atoms with Crippen LogP contribution in [0.5, 0.6) is 0 Å². The Kier molecular flexibility index (Phi) is 6.84. The van der Waals surface area contributed by atoms with Gasteiger partial charge in [-0.15, -0.1) is 0 Å². The summed E-state index contributed by atoms with van der Waals surface area (Å²) in [5.41, 5.74) is 0.975. The van der Waals surface area contributed by atoms with Gasteiger partial charge < -0.3 is 24.3 Å². The van der Waals surface area contributed by atoms with Gasteiger partial charge >= 0.3 is 6.03 Å². The van der Waals surface area contributed by atoms with E-state index in [2.05, 4.69) is 21.7 Å². The Morgan fingerprint density at radius 1 is 1.03 bits per heavy atom. The molecule has 2 amide bonds. The molecule has 12 heteroatoms. The molecule has 1 aromatic carbocycles. The van der Waals surface area contributed by atoms with Crippen LogP contribution in [0.3, 0.4) is 0 Å². The van der Waals surface area contributed by atoms with Gasteiger partial charge in [0.25, 0.3) is 6.43 Å². The average Bonchev–Trinajstić information content (AvgIpc) is 3.30. The molecule has 37 heavy (non-hydrogen) atoms. The fourth-order valence-electron chi connectivity index (χ4n) is 4.89. The van der Waals surface area contributed by atoms with Gasteiger partial charge in [-0.1, -0.05) is 12.1 Å². The summed E-state index contributed by atoms with van der Waals surface area (Å²) in [6.45, 7) is 7.45. The molecule has 0 bridgehead atoms. The number of hydrogen-bond acceptors (Lipinski definition) is 7. The van der Waals surface area contributed by atoms with Crippen LogP contribution in [0.25, 0.3) is 17.0 Å². The lowest BCUT2D eigenvalue weighted by atomic mass is 10.1. The number of nitrogens with zero attached hydrogens (tertiary/aromatic N) is 8. The normalized spacial score (nSPS) is 20.7. The second-order valence-electron chi connectivity index (χ2n) is 9.64. The van der Waals surface area contributed by atoms with E-state index in [1.54, 1.807) is 48.2 Å². The first-order valence-corrected chi connectivity index (χ1v) is 12.5. The number of rotatable bonds is 4. The van der Waals surface area contributed by atoms with Crippen LogP contribution in [-0.4, -0.2) is 101 Å². The van der Waals surface area contributed by atoms with Crippen molar-refractivity contribution in [1.82, 2.24) is 29.3 Å². The predicted molar refractivity (Wildman–Crippen MR) is 137 cm³/mol.